The van der Waals surface area contributed by atoms with Crippen LogP contribution in [0.5, 0.6) is 0 Å². The molecule has 0 fully saturated rings. The molecule has 0 aliphatic rings. The zero-order valence-electron chi connectivity index (χ0n) is 10.8. The van der Waals surface area contributed by atoms with Crippen LogP contribution in [0.1, 0.15) is 31.8 Å². The predicted molar refractivity (Wildman–Crippen MR) is 72.4 cm³/mol. The van der Waals surface area contributed by atoms with Gasteiger partial charge in [0.1, 0.15) is 0 Å². The Morgan fingerprint density at radius 2 is 1.53 bits per heavy atom. The summed E-state index contributed by atoms with van der Waals surface area (Å²) < 4.78 is 4.71. The molecule has 0 aromatic heterocycles. The van der Waals surface area contributed by atoms with E-state index < -0.39 is 5.97 Å². The summed E-state index contributed by atoms with van der Waals surface area (Å²) >= 11 is 0. The van der Waals surface area contributed by atoms with Gasteiger partial charge in [0.25, 0.3) is 0 Å². The number of ketones is 1. The van der Waals surface area contributed by atoms with Gasteiger partial charge in [-0.1, -0.05) is 42.5 Å². The average Bonchev–Trinajstić information content (AvgIpc) is 2.47. The van der Waals surface area contributed by atoms with Gasteiger partial charge >= 0.3 is 5.97 Å². The van der Waals surface area contributed by atoms with Crippen LogP contribution in [0.25, 0.3) is 0 Å². The summed E-state index contributed by atoms with van der Waals surface area (Å²) in [6.45, 7) is 1.75. The van der Waals surface area contributed by atoms with E-state index in [9.17, 15) is 9.59 Å². The fourth-order valence-electron chi connectivity index (χ4n) is 1.96. The lowest BCUT2D eigenvalue weighted by Crippen LogP contribution is -2.09. The van der Waals surface area contributed by atoms with E-state index in [4.69, 9.17) is 4.74 Å². The maximum atomic E-state index is 12.4. The normalized spacial score (nSPS) is 10.0. The third kappa shape index (κ3) is 2.55. The van der Waals surface area contributed by atoms with Crippen LogP contribution in [-0.4, -0.2) is 18.9 Å². The van der Waals surface area contributed by atoms with Gasteiger partial charge in [0, 0.05) is 11.1 Å². The number of ether oxygens (including phenoxy) is 1. The average molecular weight is 254 g/mol. The van der Waals surface area contributed by atoms with Gasteiger partial charge < -0.3 is 4.74 Å². The molecular weight excluding hydrogens is 240 g/mol. The number of benzene rings is 2. The van der Waals surface area contributed by atoms with Crippen LogP contribution in [0.15, 0.2) is 48.5 Å². The molecule has 2 aromatic carbocycles. The number of methoxy groups -OCH3 is 1. The van der Waals surface area contributed by atoms with Crippen molar-refractivity contribution >= 4 is 11.8 Å². The van der Waals surface area contributed by atoms with E-state index in [-0.39, 0.29) is 5.78 Å². The first-order valence-electron chi connectivity index (χ1n) is 5.93. The molecule has 3 heteroatoms. The second-order valence-corrected chi connectivity index (χ2v) is 4.16. The van der Waals surface area contributed by atoms with Crippen molar-refractivity contribution in [1.82, 2.24) is 0 Å². The van der Waals surface area contributed by atoms with Gasteiger partial charge in [-0.2, -0.15) is 0 Å². The minimum Gasteiger partial charge on any atom is -0.465 e. The minimum atomic E-state index is -0.430. The number of hydrogen-bond acceptors (Lipinski definition) is 3. The fourth-order valence-corrected chi connectivity index (χ4v) is 1.96. The van der Waals surface area contributed by atoms with Crippen molar-refractivity contribution in [2.24, 2.45) is 0 Å². The SMILES string of the molecule is COC(=O)c1cccc(C(=O)c2ccccc2)c1C. The fraction of sp³-hybridized carbons (Fsp3) is 0.125. The highest BCUT2D eigenvalue weighted by Gasteiger charge is 2.17. The molecule has 2 rings (SSSR count). The van der Waals surface area contributed by atoms with Crippen molar-refractivity contribution in [3.63, 3.8) is 0 Å². The highest BCUT2D eigenvalue weighted by Crippen LogP contribution is 2.18. The Balaban J connectivity index is 2.47. The van der Waals surface area contributed by atoms with Crippen molar-refractivity contribution in [3.8, 4) is 0 Å². The van der Waals surface area contributed by atoms with E-state index in [1.165, 1.54) is 7.11 Å². The molecule has 0 spiro atoms. The first-order chi connectivity index (χ1) is 9.15. The number of hydrogen-bond donors (Lipinski definition) is 0. The topological polar surface area (TPSA) is 43.4 Å². The molecule has 3 nitrogen and oxygen atoms in total. The Morgan fingerprint density at radius 1 is 0.895 bits per heavy atom. The molecule has 0 unspecified atom stereocenters. The smallest absolute Gasteiger partial charge is 0.338 e. The summed E-state index contributed by atoms with van der Waals surface area (Å²) in [5.74, 6) is -0.524. The first kappa shape index (κ1) is 13.0. The molecular formula is C16H14O3. The van der Waals surface area contributed by atoms with Crippen LogP contribution in [0.2, 0.25) is 0 Å². The summed E-state index contributed by atoms with van der Waals surface area (Å²) in [5, 5.41) is 0. The van der Waals surface area contributed by atoms with Crippen molar-refractivity contribution in [2.45, 2.75) is 6.92 Å². The third-order valence-corrected chi connectivity index (χ3v) is 3.02. The van der Waals surface area contributed by atoms with Gasteiger partial charge in [-0.05, 0) is 18.6 Å². The van der Waals surface area contributed by atoms with Crippen molar-refractivity contribution < 1.29 is 14.3 Å². The Bertz CT molecular complexity index is 615. The largest absolute Gasteiger partial charge is 0.465 e. The molecule has 0 N–H and O–H groups in total. The lowest BCUT2D eigenvalue weighted by Gasteiger charge is -2.09. The number of esters is 1. The quantitative estimate of drug-likeness (QED) is 0.624. The van der Waals surface area contributed by atoms with Crippen LogP contribution in [-0.2, 0) is 4.74 Å². The van der Waals surface area contributed by atoms with E-state index >= 15 is 0 Å². The van der Waals surface area contributed by atoms with Crippen LogP contribution in [0.4, 0.5) is 0 Å². The standard InChI is InChI=1S/C16H14O3/c1-11-13(9-6-10-14(11)16(18)19-2)15(17)12-7-4-3-5-8-12/h3-10H,1-2H3. The van der Waals surface area contributed by atoms with Crippen LogP contribution in [0, 0.1) is 6.92 Å². The van der Waals surface area contributed by atoms with Gasteiger partial charge in [0.2, 0.25) is 0 Å². The van der Waals surface area contributed by atoms with Gasteiger partial charge in [-0.25, -0.2) is 4.79 Å². The molecule has 0 saturated carbocycles. The number of carbonyl (C=O) groups is 2. The monoisotopic (exact) mass is 254 g/mol. The predicted octanol–water partition coefficient (Wildman–Crippen LogP) is 3.01. The van der Waals surface area contributed by atoms with Crippen LogP contribution in [0.3, 0.4) is 0 Å². The Kier molecular flexibility index (Phi) is 3.76. The van der Waals surface area contributed by atoms with E-state index in [0.717, 1.165) is 0 Å². The summed E-state index contributed by atoms with van der Waals surface area (Å²) in [6.07, 6.45) is 0. The first-order valence-corrected chi connectivity index (χ1v) is 5.93. The number of rotatable bonds is 3. The highest BCUT2D eigenvalue weighted by molar-refractivity contribution is 6.11. The molecule has 96 valence electrons. The van der Waals surface area contributed by atoms with Gasteiger partial charge in [0.15, 0.2) is 5.78 Å². The molecule has 0 atom stereocenters. The summed E-state index contributed by atoms with van der Waals surface area (Å²) in [5.41, 5.74) is 2.19. The Hall–Kier alpha value is -2.42. The van der Waals surface area contributed by atoms with Gasteiger partial charge in [0.05, 0.1) is 12.7 Å². The maximum absolute atomic E-state index is 12.4. The molecule has 0 radical (unpaired) electrons. The molecule has 19 heavy (non-hydrogen) atoms. The van der Waals surface area contributed by atoms with Gasteiger partial charge in [-0.15, -0.1) is 0 Å². The second kappa shape index (κ2) is 5.48. The van der Waals surface area contributed by atoms with E-state index in [0.29, 0.717) is 22.3 Å². The molecule has 0 aliphatic carbocycles. The molecule has 0 bridgehead atoms. The third-order valence-electron chi connectivity index (χ3n) is 3.02. The van der Waals surface area contributed by atoms with Crippen molar-refractivity contribution in [1.29, 1.82) is 0 Å². The summed E-state index contributed by atoms with van der Waals surface area (Å²) in [6, 6.07) is 14.1. The lowest BCUT2D eigenvalue weighted by molar-refractivity contribution is 0.0600. The molecule has 0 amide bonds. The molecule has 0 saturated heterocycles. The van der Waals surface area contributed by atoms with Crippen molar-refractivity contribution in [3.05, 3.63) is 70.8 Å². The highest BCUT2D eigenvalue weighted by atomic mass is 16.5. The van der Waals surface area contributed by atoms with E-state index in [1.807, 2.05) is 18.2 Å². The van der Waals surface area contributed by atoms with Crippen LogP contribution < -0.4 is 0 Å². The zero-order chi connectivity index (χ0) is 13.8. The summed E-state index contributed by atoms with van der Waals surface area (Å²) in [4.78, 5) is 24.0. The molecule has 0 heterocycles. The second-order valence-electron chi connectivity index (χ2n) is 4.16. The van der Waals surface area contributed by atoms with Crippen molar-refractivity contribution in [2.75, 3.05) is 7.11 Å². The Morgan fingerprint density at radius 3 is 2.16 bits per heavy atom. The molecule has 0 aliphatic heterocycles. The maximum Gasteiger partial charge on any atom is 0.338 e. The Labute approximate surface area is 111 Å². The number of carbonyl (C=O) groups excluding carboxylic acids is 2. The minimum absolute atomic E-state index is 0.0937. The summed E-state index contributed by atoms with van der Waals surface area (Å²) in [7, 11) is 1.33. The zero-order valence-corrected chi connectivity index (χ0v) is 10.8. The van der Waals surface area contributed by atoms with E-state index in [2.05, 4.69) is 0 Å². The molecule has 2 aromatic rings. The van der Waals surface area contributed by atoms with E-state index in [1.54, 1.807) is 37.3 Å². The lowest BCUT2D eigenvalue weighted by atomic mass is 9.95. The van der Waals surface area contributed by atoms with Crippen LogP contribution >= 0.6 is 0 Å². The van der Waals surface area contributed by atoms with Gasteiger partial charge in [-0.3, -0.25) is 4.79 Å².